The Balaban J connectivity index is 1.60. The molecule has 4 rings (SSSR count). The molecule has 0 radical (unpaired) electrons. The van der Waals surface area contributed by atoms with E-state index in [0.29, 0.717) is 45.2 Å². The van der Waals surface area contributed by atoms with Gasteiger partial charge in [0.25, 0.3) is 0 Å². The number of carbonyl (C=O) groups is 1. The molecule has 4 heterocycles. The summed E-state index contributed by atoms with van der Waals surface area (Å²) in [6.07, 6.45) is 6.19. The number of hydrogen-bond acceptors (Lipinski definition) is 5. The van der Waals surface area contributed by atoms with Crippen molar-refractivity contribution in [3.63, 3.8) is 0 Å². The molecule has 1 amide bonds. The number of amides is 1. The highest BCUT2D eigenvalue weighted by molar-refractivity contribution is 5.85. The first kappa shape index (κ1) is 16.4. The molecule has 2 atom stereocenters. The standard InChI is InChI=1S/C18H23FN4O2/c1-13-3-2-5-22(9-13)16(24)18-4-6-25-11-14(18)10-23(12-18)17-20-7-15(19)8-21-17/h3,7-8,14H,2,4-6,9-12H2,1H3. The summed E-state index contributed by atoms with van der Waals surface area (Å²) in [5.74, 6) is 0.370. The largest absolute Gasteiger partial charge is 0.381 e. The van der Waals surface area contributed by atoms with Crippen molar-refractivity contribution in [3.8, 4) is 0 Å². The van der Waals surface area contributed by atoms with Gasteiger partial charge in [-0.25, -0.2) is 14.4 Å². The van der Waals surface area contributed by atoms with Gasteiger partial charge in [-0.2, -0.15) is 0 Å². The fraction of sp³-hybridized carbons (Fsp3) is 0.611. The summed E-state index contributed by atoms with van der Waals surface area (Å²) < 4.78 is 18.8. The Morgan fingerprint density at radius 2 is 2.20 bits per heavy atom. The summed E-state index contributed by atoms with van der Waals surface area (Å²) in [6.45, 7) is 5.98. The van der Waals surface area contributed by atoms with Crippen molar-refractivity contribution in [2.45, 2.75) is 19.8 Å². The quantitative estimate of drug-likeness (QED) is 0.762. The van der Waals surface area contributed by atoms with Gasteiger partial charge in [0.05, 0.1) is 24.4 Å². The van der Waals surface area contributed by atoms with E-state index in [-0.39, 0.29) is 11.8 Å². The lowest BCUT2D eigenvalue weighted by atomic mass is 9.73. The Morgan fingerprint density at radius 1 is 1.40 bits per heavy atom. The van der Waals surface area contributed by atoms with Gasteiger partial charge >= 0.3 is 0 Å². The molecule has 3 aliphatic heterocycles. The number of aromatic nitrogens is 2. The highest BCUT2D eigenvalue weighted by Crippen LogP contribution is 2.44. The fourth-order valence-corrected chi connectivity index (χ4v) is 4.32. The molecule has 2 unspecified atom stereocenters. The average Bonchev–Trinajstić information content (AvgIpc) is 3.02. The van der Waals surface area contributed by atoms with E-state index in [0.717, 1.165) is 13.0 Å². The van der Waals surface area contributed by atoms with Gasteiger partial charge in [-0.1, -0.05) is 11.6 Å². The van der Waals surface area contributed by atoms with Crippen molar-refractivity contribution in [3.05, 3.63) is 29.9 Å². The maximum Gasteiger partial charge on any atom is 0.231 e. The molecule has 2 saturated heterocycles. The molecule has 2 fully saturated rings. The van der Waals surface area contributed by atoms with Gasteiger partial charge < -0.3 is 14.5 Å². The third kappa shape index (κ3) is 2.90. The number of ether oxygens (including phenoxy) is 1. The predicted molar refractivity (Wildman–Crippen MR) is 90.5 cm³/mol. The van der Waals surface area contributed by atoms with Crippen LogP contribution in [0.4, 0.5) is 10.3 Å². The van der Waals surface area contributed by atoms with Crippen LogP contribution in [-0.2, 0) is 9.53 Å². The molecular weight excluding hydrogens is 323 g/mol. The van der Waals surface area contributed by atoms with Gasteiger partial charge in [0.15, 0.2) is 5.82 Å². The van der Waals surface area contributed by atoms with Gasteiger partial charge in [0.1, 0.15) is 0 Å². The van der Waals surface area contributed by atoms with Crippen LogP contribution < -0.4 is 4.90 Å². The van der Waals surface area contributed by atoms with E-state index in [4.69, 9.17) is 4.74 Å². The topological polar surface area (TPSA) is 58.6 Å². The second-order valence-corrected chi connectivity index (χ2v) is 7.33. The molecular formula is C18H23FN4O2. The molecule has 0 bridgehead atoms. The number of carbonyl (C=O) groups excluding carboxylic acids is 1. The molecule has 0 aromatic carbocycles. The Labute approximate surface area is 146 Å². The Hall–Kier alpha value is -2.02. The van der Waals surface area contributed by atoms with Gasteiger partial charge in [-0.15, -0.1) is 0 Å². The third-order valence-corrected chi connectivity index (χ3v) is 5.64. The molecule has 0 aliphatic carbocycles. The predicted octanol–water partition coefficient (Wildman–Crippen LogP) is 1.64. The first-order chi connectivity index (χ1) is 12.1. The van der Waals surface area contributed by atoms with Gasteiger partial charge in [0, 0.05) is 38.7 Å². The molecule has 1 aromatic rings. The highest BCUT2D eigenvalue weighted by Gasteiger charge is 2.55. The Kier molecular flexibility index (Phi) is 4.19. The summed E-state index contributed by atoms with van der Waals surface area (Å²) in [5.41, 5.74) is 0.796. The van der Waals surface area contributed by atoms with Crippen molar-refractivity contribution in [1.29, 1.82) is 0 Å². The molecule has 0 saturated carbocycles. The molecule has 1 aromatic heterocycles. The molecule has 3 aliphatic rings. The van der Waals surface area contributed by atoms with E-state index in [9.17, 15) is 9.18 Å². The maximum absolute atomic E-state index is 13.4. The van der Waals surface area contributed by atoms with Crippen molar-refractivity contribution in [2.75, 3.05) is 44.3 Å². The van der Waals surface area contributed by atoms with E-state index >= 15 is 0 Å². The zero-order valence-electron chi connectivity index (χ0n) is 14.4. The lowest BCUT2D eigenvalue weighted by Crippen LogP contribution is -2.53. The van der Waals surface area contributed by atoms with Crippen LogP contribution in [0.3, 0.4) is 0 Å². The molecule has 0 spiro atoms. The van der Waals surface area contributed by atoms with Gasteiger partial charge in [-0.05, 0) is 19.8 Å². The van der Waals surface area contributed by atoms with Crippen molar-refractivity contribution < 1.29 is 13.9 Å². The Morgan fingerprint density at radius 3 is 2.96 bits per heavy atom. The minimum atomic E-state index is -0.454. The summed E-state index contributed by atoms with van der Waals surface area (Å²) in [5, 5.41) is 0. The van der Waals surface area contributed by atoms with E-state index in [1.54, 1.807) is 0 Å². The third-order valence-electron chi connectivity index (χ3n) is 5.64. The average molecular weight is 346 g/mol. The van der Waals surface area contributed by atoms with Crippen LogP contribution in [-0.4, -0.2) is 60.2 Å². The molecule has 0 N–H and O–H groups in total. The van der Waals surface area contributed by atoms with Crippen LogP contribution in [0.15, 0.2) is 24.0 Å². The summed E-state index contributed by atoms with van der Waals surface area (Å²) >= 11 is 0. The normalized spacial score (nSPS) is 29.4. The monoisotopic (exact) mass is 346 g/mol. The van der Waals surface area contributed by atoms with Crippen LogP contribution >= 0.6 is 0 Å². The molecule has 6 nitrogen and oxygen atoms in total. The zero-order valence-corrected chi connectivity index (χ0v) is 14.4. The number of hydrogen-bond donors (Lipinski definition) is 0. The van der Waals surface area contributed by atoms with E-state index in [1.807, 2.05) is 9.80 Å². The van der Waals surface area contributed by atoms with Gasteiger partial charge in [-0.3, -0.25) is 4.79 Å². The van der Waals surface area contributed by atoms with Crippen LogP contribution in [0.2, 0.25) is 0 Å². The number of nitrogens with zero attached hydrogens (tertiary/aromatic N) is 4. The van der Waals surface area contributed by atoms with Crippen LogP contribution in [0.5, 0.6) is 0 Å². The summed E-state index contributed by atoms with van der Waals surface area (Å²) in [6, 6.07) is 0. The lowest BCUT2D eigenvalue weighted by Gasteiger charge is -2.41. The number of rotatable bonds is 2. The smallest absolute Gasteiger partial charge is 0.231 e. The van der Waals surface area contributed by atoms with Crippen molar-refractivity contribution in [1.82, 2.24) is 14.9 Å². The number of fused-ring (bicyclic) bond motifs is 1. The number of halogens is 1. The zero-order chi connectivity index (χ0) is 17.4. The van der Waals surface area contributed by atoms with E-state index in [2.05, 4.69) is 23.0 Å². The second-order valence-electron chi connectivity index (χ2n) is 7.33. The van der Waals surface area contributed by atoms with Crippen molar-refractivity contribution >= 4 is 11.9 Å². The lowest BCUT2D eigenvalue weighted by molar-refractivity contribution is -0.150. The van der Waals surface area contributed by atoms with Crippen LogP contribution in [0.25, 0.3) is 0 Å². The second kappa shape index (κ2) is 6.37. The fourth-order valence-electron chi connectivity index (χ4n) is 4.32. The SMILES string of the molecule is CC1=CCCN(C(=O)C23CCOCC2CN(c2ncc(F)cn2)C3)C1. The molecule has 25 heavy (non-hydrogen) atoms. The first-order valence-corrected chi connectivity index (χ1v) is 8.84. The van der Waals surface area contributed by atoms with E-state index < -0.39 is 11.2 Å². The summed E-state index contributed by atoms with van der Waals surface area (Å²) in [4.78, 5) is 25.6. The Bertz CT molecular complexity index is 693. The maximum atomic E-state index is 13.4. The van der Waals surface area contributed by atoms with Crippen molar-refractivity contribution in [2.24, 2.45) is 11.3 Å². The van der Waals surface area contributed by atoms with Crippen LogP contribution in [0.1, 0.15) is 19.8 Å². The minimum absolute atomic E-state index is 0.119. The number of anilines is 1. The molecule has 134 valence electrons. The van der Waals surface area contributed by atoms with Crippen LogP contribution in [0, 0.1) is 17.2 Å². The first-order valence-electron chi connectivity index (χ1n) is 8.84. The van der Waals surface area contributed by atoms with Gasteiger partial charge in [0.2, 0.25) is 11.9 Å². The highest BCUT2D eigenvalue weighted by atomic mass is 19.1. The summed E-state index contributed by atoms with van der Waals surface area (Å²) in [7, 11) is 0. The molecule has 7 heteroatoms. The minimum Gasteiger partial charge on any atom is -0.381 e. The van der Waals surface area contributed by atoms with E-state index in [1.165, 1.54) is 18.0 Å².